The fourth-order valence-electron chi connectivity index (χ4n) is 3.09. The first kappa shape index (κ1) is 18.2. The zero-order chi connectivity index (χ0) is 18.7. The summed E-state index contributed by atoms with van der Waals surface area (Å²) in [6, 6.07) is 4.05. The second-order valence-electron chi connectivity index (χ2n) is 6.24. The first-order chi connectivity index (χ1) is 12.5. The Morgan fingerprint density at radius 2 is 2.15 bits per heavy atom. The van der Waals surface area contributed by atoms with Crippen molar-refractivity contribution in [2.24, 2.45) is 7.05 Å². The van der Waals surface area contributed by atoms with Crippen LogP contribution < -0.4 is 10.2 Å². The first-order valence-electron chi connectivity index (χ1n) is 8.39. The molecule has 1 saturated heterocycles. The minimum Gasteiger partial charge on any atom is -0.355 e. The fourth-order valence-corrected chi connectivity index (χ4v) is 3.43. The van der Waals surface area contributed by atoms with Crippen LogP contribution in [0.4, 0.5) is 5.82 Å². The van der Waals surface area contributed by atoms with Gasteiger partial charge in [-0.15, -0.1) is 0 Å². The Balaban J connectivity index is 1.64. The van der Waals surface area contributed by atoms with Crippen LogP contribution in [-0.2, 0) is 7.05 Å². The summed E-state index contributed by atoms with van der Waals surface area (Å²) in [5, 5.41) is 17.3. The van der Waals surface area contributed by atoms with Gasteiger partial charge in [0.25, 0.3) is 5.91 Å². The van der Waals surface area contributed by atoms with Gasteiger partial charge in [0.15, 0.2) is 11.0 Å². The van der Waals surface area contributed by atoms with Crippen LogP contribution in [0.3, 0.4) is 0 Å². The van der Waals surface area contributed by atoms with Gasteiger partial charge in [-0.25, -0.2) is 9.97 Å². The molecule has 1 amide bonds. The van der Waals surface area contributed by atoms with E-state index in [1.54, 1.807) is 24.0 Å². The summed E-state index contributed by atoms with van der Waals surface area (Å²) in [5.41, 5.74) is 1.87. The molecule has 3 heterocycles. The second kappa shape index (κ2) is 7.74. The molecule has 0 atom stereocenters. The van der Waals surface area contributed by atoms with Crippen LogP contribution in [-0.4, -0.2) is 51.0 Å². The predicted molar refractivity (Wildman–Crippen MR) is 99.2 cm³/mol. The molecule has 1 aliphatic rings. The molecule has 0 unspecified atom stereocenters. The molecule has 2 aromatic heterocycles. The van der Waals surface area contributed by atoms with Crippen LogP contribution in [0, 0.1) is 18.3 Å². The summed E-state index contributed by atoms with van der Waals surface area (Å²) in [6.07, 6.45) is 5.08. The molecule has 0 aliphatic carbocycles. The normalized spacial score (nSPS) is 14.9. The van der Waals surface area contributed by atoms with E-state index in [2.05, 4.69) is 31.4 Å². The van der Waals surface area contributed by atoms with Crippen molar-refractivity contribution in [1.82, 2.24) is 25.1 Å². The van der Waals surface area contributed by atoms with Gasteiger partial charge in [-0.1, -0.05) is 11.8 Å². The summed E-state index contributed by atoms with van der Waals surface area (Å²) in [6.45, 7) is 3.33. The molecule has 1 aliphatic heterocycles. The quantitative estimate of drug-likeness (QED) is 0.642. The molecular formula is C17H21N7OS. The number of nitrogens with zero attached hydrogens (tertiary/aromatic N) is 6. The maximum absolute atomic E-state index is 12.4. The Bertz CT molecular complexity index is 849. The Morgan fingerprint density at radius 1 is 1.42 bits per heavy atom. The number of hydrogen-bond donors (Lipinski definition) is 1. The molecule has 0 saturated carbocycles. The van der Waals surface area contributed by atoms with Crippen molar-refractivity contribution in [3.05, 3.63) is 29.2 Å². The van der Waals surface area contributed by atoms with E-state index in [0.29, 0.717) is 22.2 Å². The highest BCUT2D eigenvalue weighted by molar-refractivity contribution is 7.98. The van der Waals surface area contributed by atoms with E-state index >= 15 is 0 Å². The van der Waals surface area contributed by atoms with E-state index < -0.39 is 0 Å². The highest BCUT2D eigenvalue weighted by Crippen LogP contribution is 2.23. The molecular weight excluding hydrogens is 350 g/mol. The Labute approximate surface area is 156 Å². The molecule has 0 bridgehead atoms. The molecule has 136 valence electrons. The largest absolute Gasteiger partial charge is 0.355 e. The van der Waals surface area contributed by atoms with Crippen molar-refractivity contribution in [3.63, 3.8) is 0 Å². The number of piperidine rings is 1. The number of carbonyl (C=O) groups excluding carboxylic acids is 1. The lowest BCUT2D eigenvalue weighted by atomic mass is 10.0. The smallest absolute Gasteiger partial charge is 0.269 e. The van der Waals surface area contributed by atoms with Crippen LogP contribution in [0.1, 0.15) is 34.6 Å². The maximum atomic E-state index is 12.4. The second-order valence-corrected chi connectivity index (χ2v) is 7.01. The average molecular weight is 371 g/mol. The van der Waals surface area contributed by atoms with Crippen molar-refractivity contribution in [3.8, 4) is 6.07 Å². The van der Waals surface area contributed by atoms with Gasteiger partial charge in [-0.3, -0.25) is 9.48 Å². The number of thioether (sulfide) groups is 1. The van der Waals surface area contributed by atoms with Gasteiger partial charge < -0.3 is 10.2 Å². The molecule has 1 fully saturated rings. The van der Waals surface area contributed by atoms with Crippen molar-refractivity contribution >= 4 is 23.5 Å². The molecule has 0 radical (unpaired) electrons. The van der Waals surface area contributed by atoms with Crippen LogP contribution >= 0.6 is 11.8 Å². The van der Waals surface area contributed by atoms with Gasteiger partial charge >= 0.3 is 0 Å². The van der Waals surface area contributed by atoms with E-state index in [4.69, 9.17) is 0 Å². The number of anilines is 1. The van der Waals surface area contributed by atoms with Gasteiger partial charge in [0, 0.05) is 26.2 Å². The van der Waals surface area contributed by atoms with Gasteiger partial charge in [0.1, 0.15) is 17.3 Å². The summed E-state index contributed by atoms with van der Waals surface area (Å²) in [4.78, 5) is 23.2. The van der Waals surface area contributed by atoms with E-state index in [1.807, 2.05) is 13.2 Å². The van der Waals surface area contributed by atoms with E-state index in [1.165, 1.54) is 11.8 Å². The van der Waals surface area contributed by atoms with E-state index in [-0.39, 0.29) is 11.9 Å². The van der Waals surface area contributed by atoms with Gasteiger partial charge in [-0.2, -0.15) is 10.4 Å². The van der Waals surface area contributed by atoms with Crippen LogP contribution in [0.15, 0.2) is 17.4 Å². The number of nitriles is 1. The lowest BCUT2D eigenvalue weighted by Gasteiger charge is -2.33. The van der Waals surface area contributed by atoms with Crippen molar-refractivity contribution < 1.29 is 4.79 Å². The zero-order valence-electron chi connectivity index (χ0n) is 15.1. The molecule has 3 rings (SSSR count). The third-order valence-corrected chi connectivity index (χ3v) is 4.98. The SMILES string of the molecule is CSc1ncc(C#N)c(N2CCC(NC(=O)c3cc(C)nn3C)CC2)n1. The van der Waals surface area contributed by atoms with Crippen molar-refractivity contribution in [2.75, 3.05) is 24.2 Å². The van der Waals surface area contributed by atoms with Crippen LogP contribution in [0.2, 0.25) is 0 Å². The Kier molecular flexibility index (Phi) is 5.42. The van der Waals surface area contributed by atoms with Crippen molar-refractivity contribution in [1.29, 1.82) is 5.26 Å². The standard InChI is InChI=1S/C17H21N7OS/c1-11-8-14(23(2)22-11)16(25)20-13-4-6-24(7-5-13)15-12(9-18)10-19-17(21-15)26-3/h8,10,13H,4-7H2,1-3H3,(H,20,25). The zero-order valence-corrected chi connectivity index (χ0v) is 15.9. The first-order valence-corrected chi connectivity index (χ1v) is 9.62. The number of amides is 1. The summed E-state index contributed by atoms with van der Waals surface area (Å²) in [5.74, 6) is 0.579. The lowest BCUT2D eigenvalue weighted by Crippen LogP contribution is -2.45. The average Bonchev–Trinajstić information content (AvgIpc) is 3.00. The fraction of sp³-hybridized carbons (Fsp3) is 0.471. The van der Waals surface area contributed by atoms with E-state index in [0.717, 1.165) is 31.6 Å². The molecule has 9 heteroatoms. The Morgan fingerprint density at radius 3 is 2.73 bits per heavy atom. The number of aromatic nitrogens is 4. The van der Waals surface area contributed by atoms with Gasteiger partial charge in [-0.05, 0) is 32.1 Å². The highest BCUT2D eigenvalue weighted by Gasteiger charge is 2.25. The highest BCUT2D eigenvalue weighted by atomic mass is 32.2. The summed E-state index contributed by atoms with van der Waals surface area (Å²) in [7, 11) is 1.77. The molecule has 0 aromatic carbocycles. The number of rotatable bonds is 4. The van der Waals surface area contributed by atoms with Crippen LogP contribution in [0.25, 0.3) is 0 Å². The maximum Gasteiger partial charge on any atom is 0.269 e. The minimum atomic E-state index is -0.101. The molecule has 0 spiro atoms. The topological polar surface area (TPSA) is 99.7 Å². The number of nitrogens with one attached hydrogen (secondary N) is 1. The predicted octanol–water partition coefficient (Wildman–Crippen LogP) is 1.51. The lowest BCUT2D eigenvalue weighted by molar-refractivity contribution is 0.0921. The van der Waals surface area contributed by atoms with Gasteiger partial charge in [0.2, 0.25) is 0 Å². The minimum absolute atomic E-state index is 0.0985. The summed E-state index contributed by atoms with van der Waals surface area (Å²) < 4.78 is 1.60. The molecule has 1 N–H and O–H groups in total. The Hall–Kier alpha value is -2.60. The third kappa shape index (κ3) is 3.80. The summed E-state index contributed by atoms with van der Waals surface area (Å²) >= 11 is 1.45. The number of hydrogen-bond acceptors (Lipinski definition) is 7. The van der Waals surface area contributed by atoms with Crippen LogP contribution in [0.5, 0.6) is 0 Å². The number of aryl methyl sites for hydroxylation is 2. The molecule has 2 aromatic rings. The third-order valence-electron chi connectivity index (χ3n) is 4.41. The molecule has 8 nitrogen and oxygen atoms in total. The number of carbonyl (C=O) groups is 1. The van der Waals surface area contributed by atoms with Gasteiger partial charge in [0.05, 0.1) is 11.9 Å². The molecule has 26 heavy (non-hydrogen) atoms. The van der Waals surface area contributed by atoms with Crippen molar-refractivity contribution in [2.45, 2.75) is 31.0 Å². The van der Waals surface area contributed by atoms with E-state index in [9.17, 15) is 10.1 Å². The monoisotopic (exact) mass is 371 g/mol.